The first-order chi connectivity index (χ1) is 13.6. The van der Waals surface area contributed by atoms with E-state index in [1.807, 2.05) is 37.3 Å². The van der Waals surface area contributed by atoms with Crippen LogP contribution >= 0.6 is 0 Å². The molecule has 0 aliphatic rings. The predicted molar refractivity (Wildman–Crippen MR) is 114 cm³/mol. The van der Waals surface area contributed by atoms with Crippen LogP contribution in [-0.4, -0.2) is 25.0 Å². The number of unbranched alkanes of at least 4 members (excludes halogenated alkanes) is 2. The monoisotopic (exact) mass is 383 g/mol. The van der Waals surface area contributed by atoms with Crippen molar-refractivity contribution in [2.75, 3.05) is 29.1 Å². The van der Waals surface area contributed by atoms with Gasteiger partial charge >= 0.3 is 0 Å². The highest BCUT2D eigenvalue weighted by Gasteiger charge is 2.06. The summed E-state index contributed by atoms with van der Waals surface area (Å²) < 4.78 is 5.39. The van der Waals surface area contributed by atoms with Crippen LogP contribution in [0.15, 0.2) is 48.5 Å². The number of carbonyl (C=O) groups is 2. The molecule has 0 heterocycles. The fourth-order valence-electron chi connectivity index (χ4n) is 2.66. The Kier molecular flexibility index (Phi) is 8.85. The standard InChI is InChI=1S/C22H29N3O3/c1-3-5-6-10-21(26)24-18-8-7-9-19(15-18)25-22(27)16-23-17-11-13-20(14-12-17)28-4-2/h7-9,11-15,23H,3-6,10,16H2,1-2H3,(H,24,26)(H,25,27). The van der Waals surface area contributed by atoms with Crippen LogP contribution in [0.3, 0.4) is 0 Å². The fraction of sp³-hybridized carbons (Fsp3) is 0.364. The van der Waals surface area contributed by atoms with E-state index in [2.05, 4.69) is 22.9 Å². The maximum atomic E-state index is 12.2. The minimum atomic E-state index is -0.166. The zero-order valence-corrected chi connectivity index (χ0v) is 16.6. The van der Waals surface area contributed by atoms with E-state index in [4.69, 9.17) is 4.74 Å². The number of ether oxygens (including phenoxy) is 1. The van der Waals surface area contributed by atoms with Crippen molar-refractivity contribution in [3.63, 3.8) is 0 Å². The van der Waals surface area contributed by atoms with E-state index >= 15 is 0 Å². The van der Waals surface area contributed by atoms with Crippen molar-refractivity contribution in [2.24, 2.45) is 0 Å². The number of nitrogens with one attached hydrogen (secondary N) is 3. The Morgan fingerprint density at radius 3 is 2.18 bits per heavy atom. The molecule has 0 fully saturated rings. The summed E-state index contributed by atoms with van der Waals surface area (Å²) in [6.45, 7) is 4.80. The van der Waals surface area contributed by atoms with Crippen molar-refractivity contribution in [1.29, 1.82) is 0 Å². The van der Waals surface area contributed by atoms with Gasteiger partial charge in [-0.1, -0.05) is 25.8 Å². The first-order valence-electron chi connectivity index (χ1n) is 9.77. The lowest BCUT2D eigenvalue weighted by atomic mass is 10.2. The topological polar surface area (TPSA) is 79.5 Å². The Balaban J connectivity index is 1.80. The van der Waals surface area contributed by atoms with Crippen LogP contribution in [-0.2, 0) is 9.59 Å². The van der Waals surface area contributed by atoms with Gasteiger partial charge in [0, 0.05) is 23.5 Å². The number of benzene rings is 2. The summed E-state index contributed by atoms with van der Waals surface area (Å²) in [5, 5.41) is 8.77. The van der Waals surface area contributed by atoms with Gasteiger partial charge in [0.05, 0.1) is 13.2 Å². The van der Waals surface area contributed by atoms with E-state index in [1.165, 1.54) is 0 Å². The van der Waals surface area contributed by atoms with Crippen LogP contribution in [0.5, 0.6) is 5.75 Å². The molecule has 2 aromatic carbocycles. The van der Waals surface area contributed by atoms with Crippen molar-refractivity contribution in [1.82, 2.24) is 0 Å². The number of rotatable bonds is 11. The van der Waals surface area contributed by atoms with E-state index in [9.17, 15) is 9.59 Å². The molecule has 0 radical (unpaired) electrons. The lowest BCUT2D eigenvalue weighted by Gasteiger charge is -2.10. The Hall–Kier alpha value is -3.02. The van der Waals surface area contributed by atoms with Gasteiger partial charge in [0.1, 0.15) is 5.75 Å². The Bertz CT molecular complexity index is 760. The molecule has 6 nitrogen and oxygen atoms in total. The van der Waals surface area contributed by atoms with Gasteiger partial charge in [0.2, 0.25) is 11.8 Å². The average molecular weight is 383 g/mol. The van der Waals surface area contributed by atoms with Crippen LogP contribution in [0.25, 0.3) is 0 Å². The van der Waals surface area contributed by atoms with Gasteiger partial charge < -0.3 is 20.7 Å². The molecule has 0 aliphatic heterocycles. The van der Waals surface area contributed by atoms with Crippen LogP contribution in [0.4, 0.5) is 17.1 Å². The zero-order valence-electron chi connectivity index (χ0n) is 16.6. The molecule has 150 valence electrons. The summed E-state index contributed by atoms with van der Waals surface area (Å²) in [6.07, 6.45) is 3.52. The van der Waals surface area contributed by atoms with Crippen LogP contribution in [0.2, 0.25) is 0 Å². The van der Waals surface area contributed by atoms with E-state index in [1.54, 1.807) is 18.2 Å². The highest BCUT2D eigenvalue weighted by Crippen LogP contribution is 2.17. The van der Waals surface area contributed by atoms with E-state index < -0.39 is 0 Å². The SMILES string of the molecule is CCCCCC(=O)Nc1cccc(NC(=O)CNc2ccc(OCC)cc2)c1. The van der Waals surface area contributed by atoms with Crippen LogP contribution in [0.1, 0.15) is 39.5 Å². The largest absolute Gasteiger partial charge is 0.494 e. The fourth-order valence-corrected chi connectivity index (χ4v) is 2.66. The van der Waals surface area contributed by atoms with Gasteiger partial charge in [-0.05, 0) is 55.8 Å². The second kappa shape index (κ2) is 11.6. The van der Waals surface area contributed by atoms with Crippen LogP contribution in [0, 0.1) is 0 Å². The molecule has 0 aliphatic carbocycles. The summed E-state index contributed by atoms with van der Waals surface area (Å²) in [7, 11) is 0. The Morgan fingerprint density at radius 2 is 1.54 bits per heavy atom. The normalized spacial score (nSPS) is 10.2. The molecule has 0 bridgehead atoms. The van der Waals surface area contributed by atoms with Gasteiger partial charge in [-0.25, -0.2) is 0 Å². The third-order valence-corrected chi connectivity index (χ3v) is 4.06. The number of anilines is 3. The molecule has 6 heteroatoms. The highest BCUT2D eigenvalue weighted by atomic mass is 16.5. The van der Waals surface area contributed by atoms with E-state index in [0.717, 1.165) is 30.7 Å². The maximum Gasteiger partial charge on any atom is 0.243 e. The second-order valence-corrected chi connectivity index (χ2v) is 6.45. The minimum Gasteiger partial charge on any atom is -0.494 e. The molecule has 2 aromatic rings. The third-order valence-electron chi connectivity index (χ3n) is 4.06. The second-order valence-electron chi connectivity index (χ2n) is 6.45. The van der Waals surface area contributed by atoms with Gasteiger partial charge in [-0.15, -0.1) is 0 Å². The summed E-state index contributed by atoms with van der Waals surface area (Å²) in [4.78, 5) is 24.1. The number of hydrogen-bond acceptors (Lipinski definition) is 4. The summed E-state index contributed by atoms with van der Waals surface area (Å²) in [6, 6.07) is 14.6. The Morgan fingerprint density at radius 1 is 0.857 bits per heavy atom. The predicted octanol–water partition coefficient (Wildman–Crippen LogP) is 4.65. The van der Waals surface area contributed by atoms with Crippen molar-refractivity contribution in [3.05, 3.63) is 48.5 Å². The first kappa shape index (κ1) is 21.3. The lowest BCUT2D eigenvalue weighted by molar-refractivity contribution is -0.116. The lowest BCUT2D eigenvalue weighted by Crippen LogP contribution is -2.21. The molecule has 0 saturated carbocycles. The van der Waals surface area contributed by atoms with Crippen LogP contribution < -0.4 is 20.7 Å². The smallest absolute Gasteiger partial charge is 0.243 e. The van der Waals surface area contributed by atoms with E-state index in [0.29, 0.717) is 24.4 Å². The molecule has 28 heavy (non-hydrogen) atoms. The quantitative estimate of drug-likeness (QED) is 0.493. The zero-order chi connectivity index (χ0) is 20.2. The van der Waals surface area contributed by atoms with Crippen molar-refractivity contribution in [3.8, 4) is 5.75 Å². The van der Waals surface area contributed by atoms with Crippen molar-refractivity contribution >= 4 is 28.9 Å². The number of amides is 2. The average Bonchev–Trinajstić information content (AvgIpc) is 2.68. The molecule has 0 aromatic heterocycles. The number of carbonyl (C=O) groups excluding carboxylic acids is 2. The van der Waals surface area contributed by atoms with Gasteiger partial charge in [-0.3, -0.25) is 9.59 Å². The van der Waals surface area contributed by atoms with Gasteiger partial charge in [0.25, 0.3) is 0 Å². The summed E-state index contributed by atoms with van der Waals surface area (Å²) >= 11 is 0. The molecular weight excluding hydrogens is 354 g/mol. The molecule has 2 rings (SSSR count). The number of hydrogen-bond donors (Lipinski definition) is 3. The molecule has 0 atom stereocenters. The molecule has 0 saturated heterocycles. The Labute approximate surface area is 166 Å². The van der Waals surface area contributed by atoms with Gasteiger partial charge in [-0.2, -0.15) is 0 Å². The van der Waals surface area contributed by atoms with Crippen molar-refractivity contribution in [2.45, 2.75) is 39.5 Å². The molecule has 2 amide bonds. The maximum absolute atomic E-state index is 12.2. The molecule has 0 spiro atoms. The molecular formula is C22H29N3O3. The van der Waals surface area contributed by atoms with E-state index in [-0.39, 0.29) is 18.4 Å². The molecule has 0 unspecified atom stereocenters. The van der Waals surface area contributed by atoms with Crippen molar-refractivity contribution < 1.29 is 14.3 Å². The van der Waals surface area contributed by atoms with Gasteiger partial charge in [0.15, 0.2) is 0 Å². The third kappa shape index (κ3) is 7.70. The summed E-state index contributed by atoms with van der Waals surface area (Å²) in [5.74, 6) is 0.625. The summed E-state index contributed by atoms with van der Waals surface area (Å²) in [5.41, 5.74) is 2.16. The highest BCUT2D eigenvalue weighted by molar-refractivity contribution is 5.95. The minimum absolute atomic E-state index is 0.00547. The molecule has 3 N–H and O–H groups in total. The first-order valence-corrected chi connectivity index (χ1v) is 9.77.